The molecule has 1 aliphatic carbocycles. The SMILES string of the molecule is Cc1nc(N2CC3(CC(N(C)S(N)(=O)=O)C3)C2)c2c(C(F)(F)F)cc(Cl)n2n1. The molecule has 0 aromatic carbocycles. The summed E-state index contributed by atoms with van der Waals surface area (Å²) in [5, 5.41) is 9.01. The minimum atomic E-state index is -4.59. The van der Waals surface area contributed by atoms with Gasteiger partial charge in [-0.25, -0.2) is 14.6 Å². The average molecular weight is 439 g/mol. The van der Waals surface area contributed by atoms with E-state index in [9.17, 15) is 21.6 Å². The molecule has 1 saturated carbocycles. The maximum atomic E-state index is 13.5. The number of fused-ring (bicyclic) bond motifs is 1. The van der Waals surface area contributed by atoms with E-state index in [0.717, 1.165) is 14.9 Å². The Kier molecular flexibility index (Phi) is 4.17. The monoisotopic (exact) mass is 438 g/mol. The quantitative estimate of drug-likeness (QED) is 0.788. The van der Waals surface area contributed by atoms with E-state index >= 15 is 0 Å². The number of halogens is 4. The number of nitrogens with two attached hydrogens (primary N) is 1. The van der Waals surface area contributed by atoms with Crippen LogP contribution in [0.2, 0.25) is 5.15 Å². The van der Waals surface area contributed by atoms with Crippen molar-refractivity contribution in [3.63, 3.8) is 0 Å². The zero-order valence-electron chi connectivity index (χ0n) is 15.0. The fourth-order valence-corrected chi connectivity index (χ4v) is 4.96. The van der Waals surface area contributed by atoms with Gasteiger partial charge in [-0.3, -0.25) is 0 Å². The lowest BCUT2D eigenvalue weighted by Crippen LogP contribution is -2.67. The molecular weight excluding hydrogens is 421 g/mol. The number of aryl methyl sites for hydroxylation is 1. The molecule has 2 aromatic heterocycles. The first kappa shape index (κ1) is 19.7. The summed E-state index contributed by atoms with van der Waals surface area (Å²) in [4.78, 5) is 5.99. The largest absolute Gasteiger partial charge is 0.418 e. The Balaban J connectivity index is 1.61. The zero-order valence-corrected chi connectivity index (χ0v) is 16.6. The molecule has 8 nitrogen and oxygen atoms in total. The summed E-state index contributed by atoms with van der Waals surface area (Å²) in [5.74, 6) is 0.482. The van der Waals surface area contributed by atoms with E-state index in [4.69, 9.17) is 16.7 Å². The molecule has 1 spiro atoms. The van der Waals surface area contributed by atoms with E-state index < -0.39 is 21.9 Å². The summed E-state index contributed by atoms with van der Waals surface area (Å²) in [7, 11) is -2.33. The standard InChI is InChI=1S/C15H18ClF3N6O2S/c1-8-21-13(12-10(15(17,18)19)3-11(16)25(12)22-8)24-6-14(7-24)4-9(5-14)23(2)28(20,26)27/h3,9H,4-7H2,1-2H3,(H2,20,26,27). The van der Waals surface area contributed by atoms with Crippen molar-refractivity contribution in [2.75, 3.05) is 25.0 Å². The number of aromatic nitrogens is 3. The van der Waals surface area contributed by atoms with Crippen molar-refractivity contribution in [3.8, 4) is 0 Å². The van der Waals surface area contributed by atoms with Gasteiger partial charge in [0.1, 0.15) is 16.5 Å². The molecule has 2 fully saturated rings. The van der Waals surface area contributed by atoms with E-state index in [1.807, 2.05) is 0 Å². The average Bonchev–Trinajstić information content (AvgIpc) is 2.80. The third kappa shape index (κ3) is 3.02. The molecule has 28 heavy (non-hydrogen) atoms. The van der Waals surface area contributed by atoms with Crippen LogP contribution < -0.4 is 10.0 Å². The highest BCUT2D eigenvalue weighted by molar-refractivity contribution is 7.86. The Morgan fingerprint density at radius 2 is 1.96 bits per heavy atom. The lowest BCUT2D eigenvalue weighted by Gasteiger charge is -2.60. The van der Waals surface area contributed by atoms with Gasteiger partial charge in [-0.2, -0.15) is 31.0 Å². The van der Waals surface area contributed by atoms with Crippen LogP contribution in [0.1, 0.15) is 24.2 Å². The Hall–Kier alpha value is -1.63. The van der Waals surface area contributed by atoms with Crippen molar-refractivity contribution >= 4 is 33.1 Å². The van der Waals surface area contributed by atoms with E-state index in [2.05, 4.69) is 10.1 Å². The van der Waals surface area contributed by atoms with Crippen LogP contribution in [0.5, 0.6) is 0 Å². The van der Waals surface area contributed by atoms with E-state index in [-0.39, 0.29) is 27.9 Å². The molecule has 4 rings (SSSR count). The van der Waals surface area contributed by atoms with Crippen LogP contribution in [-0.4, -0.2) is 53.5 Å². The molecule has 2 aliphatic rings. The second kappa shape index (κ2) is 5.94. The third-order valence-electron chi connectivity index (χ3n) is 5.57. The number of hydrogen-bond acceptors (Lipinski definition) is 5. The van der Waals surface area contributed by atoms with Gasteiger partial charge in [0.15, 0.2) is 5.82 Å². The summed E-state index contributed by atoms with van der Waals surface area (Å²) >= 11 is 5.96. The van der Waals surface area contributed by atoms with Gasteiger partial charge in [-0.05, 0) is 25.8 Å². The van der Waals surface area contributed by atoms with Gasteiger partial charge >= 0.3 is 6.18 Å². The first-order chi connectivity index (χ1) is 12.8. The highest BCUT2D eigenvalue weighted by Crippen LogP contribution is 2.52. The molecule has 3 heterocycles. The fraction of sp³-hybridized carbons (Fsp3) is 0.600. The normalized spacial score (nSPS) is 20.1. The highest BCUT2D eigenvalue weighted by atomic mass is 35.5. The van der Waals surface area contributed by atoms with Gasteiger partial charge in [-0.1, -0.05) is 11.6 Å². The molecule has 2 aromatic rings. The van der Waals surface area contributed by atoms with Crippen LogP contribution in [0, 0.1) is 12.3 Å². The Morgan fingerprint density at radius 3 is 2.50 bits per heavy atom. The van der Waals surface area contributed by atoms with Crippen LogP contribution in [0.4, 0.5) is 19.0 Å². The number of rotatable bonds is 3. The van der Waals surface area contributed by atoms with Crippen molar-refractivity contribution in [1.29, 1.82) is 0 Å². The number of alkyl halides is 3. The first-order valence-electron chi connectivity index (χ1n) is 8.45. The van der Waals surface area contributed by atoms with Crippen molar-refractivity contribution < 1.29 is 21.6 Å². The van der Waals surface area contributed by atoms with E-state index in [1.165, 1.54) is 7.05 Å². The lowest BCUT2D eigenvalue weighted by atomic mass is 9.60. The topological polar surface area (TPSA) is 96.8 Å². The molecular formula is C15H18ClF3N6O2S. The zero-order chi connectivity index (χ0) is 20.6. The summed E-state index contributed by atoms with van der Waals surface area (Å²) in [5.41, 5.74) is -1.20. The van der Waals surface area contributed by atoms with Gasteiger partial charge in [0.05, 0.1) is 5.56 Å². The summed E-state index contributed by atoms with van der Waals surface area (Å²) in [6, 6.07) is 0.655. The third-order valence-corrected chi connectivity index (χ3v) is 6.94. The Morgan fingerprint density at radius 1 is 1.36 bits per heavy atom. The van der Waals surface area contributed by atoms with E-state index in [0.29, 0.717) is 31.8 Å². The van der Waals surface area contributed by atoms with Gasteiger partial charge < -0.3 is 4.90 Å². The van der Waals surface area contributed by atoms with Crippen molar-refractivity contribution in [3.05, 3.63) is 22.6 Å². The summed E-state index contributed by atoms with van der Waals surface area (Å²) in [6.45, 7) is 2.55. The molecule has 2 N–H and O–H groups in total. The summed E-state index contributed by atoms with van der Waals surface area (Å²) in [6.07, 6.45) is -3.39. The first-order valence-corrected chi connectivity index (χ1v) is 10.3. The second-order valence-electron chi connectivity index (χ2n) is 7.60. The predicted octanol–water partition coefficient (Wildman–Crippen LogP) is 1.81. The van der Waals surface area contributed by atoms with Crippen LogP contribution in [-0.2, 0) is 16.4 Å². The van der Waals surface area contributed by atoms with Crippen LogP contribution >= 0.6 is 11.6 Å². The number of nitrogens with zero attached hydrogens (tertiary/aromatic N) is 5. The predicted molar refractivity (Wildman–Crippen MR) is 96.3 cm³/mol. The maximum Gasteiger partial charge on any atom is 0.418 e. The van der Waals surface area contributed by atoms with Gasteiger partial charge in [0.2, 0.25) is 0 Å². The molecule has 0 bridgehead atoms. The number of anilines is 1. The smallest absolute Gasteiger partial charge is 0.353 e. The molecule has 0 amide bonds. The van der Waals surface area contributed by atoms with Crippen LogP contribution in [0.25, 0.3) is 5.52 Å². The fourth-order valence-electron chi connectivity index (χ4n) is 4.17. The van der Waals surface area contributed by atoms with Crippen LogP contribution in [0.3, 0.4) is 0 Å². The summed E-state index contributed by atoms with van der Waals surface area (Å²) < 4.78 is 65.5. The lowest BCUT2D eigenvalue weighted by molar-refractivity contribution is -0.136. The maximum absolute atomic E-state index is 13.5. The molecule has 0 unspecified atom stereocenters. The van der Waals surface area contributed by atoms with Gasteiger partial charge in [0.25, 0.3) is 10.2 Å². The molecule has 0 radical (unpaired) electrons. The van der Waals surface area contributed by atoms with Gasteiger partial charge in [-0.15, -0.1) is 0 Å². The Bertz CT molecular complexity index is 1060. The highest BCUT2D eigenvalue weighted by Gasteiger charge is 2.55. The van der Waals surface area contributed by atoms with Gasteiger partial charge in [0, 0.05) is 31.6 Å². The molecule has 154 valence electrons. The van der Waals surface area contributed by atoms with Crippen molar-refractivity contribution in [1.82, 2.24) is 18.9 Å². The minimum absolute atomic E-state index is 0.136. The molecule has 0 atom stereocenters. The Labute approximate surface area is 164 Å². The second-order valence-corrected chi connectivity index (χ2v) is 9.59. The van der Waals surface area contributed by atoms with Crippen molar-refractivity contribution in [2.45, 2.75) is 32.0 Å². The van der Waals surface area contributed by atoms with E-state index in [1.54, 1.807) is 11.8 Å². The molecule has 1 aliphatic heterocycles. The molecule has 1 saturated heterocycles. The van der Waals surface area contributed by atoms with Crippen molar-refractivity contribution in [2.24, 2.45) is 10.6 Å². The number of hydrogen-bond donors (Lipinski definition) is 1. The molecule has 13 heteroatoms. The minimum Gasteiger partial charge on any atom is -0.353 e. The van der Waals surface area contributed by atoms with Crippen LogP contribution in [0.15, 0.2) is 6.07 Å².